The van der Waals surface area contributed by atoms with Crippen molar-refractivity contribution in [3.8, 4) is 34.1 Å². The minimum Gasteiger partial charge on any atom is -0.493 e. The first-order valence-corrected chi connectivity index (χ1v) is 22.2. The van der Waals surface area contributed by atoms with Gasteiger partial charge in [-0.3, -0.25) is 0 Å². The van der Waals surface area contributed by atoms with Gasteiger partial charge in [0.05, 0.1) is 19.3 Å². The summed E-state index contributed by atoms with van der Waals surface area (Å²) in [5, 5.41) is 1.64. The summed E-state index contributed by atoms with van der Waals surface area (Å²) in [7, 11) is 0. The SMILES string of the molecule is C=C(C)C(=O)OCC(F)(F)C(F)(F)C(F)(F)COC(CCOc1ccc2cc(-c3ccc(CCCCC)cc3)oc2c1)CCOc1ccc2cc(-c3ccc(CCCCC)cc3)oc2c1. The number of unbranched alkanes of at least 4 members (excludes halogenated alkanes) is 4. The van der Waals surface area contributed by atoms with Gasteiger partial charge >= 0.3 is 23.7 Å². The van der Waals surface area contributed by atoms with Crippen molar-refractivity contribution in [2.24, 2.45) is 0 Å². The van der Waals surface area contributed by atoms with Crippen molar-refractivity contribution in [1.82, 2.24) is 0 Å². The number of esters is 1. The van der Waals surface area contributed by atoms with Crippen LogP contribution in [-0.2, 0) is 27.1 Å². The van der Waals surface area contributed by atoms with Gasteiger partial charge in [-0.25, -0.2) is 4.79 Å². The first-order valence-electron chi connectivity index (χ1n) is 22.2. The van der Waals surface area contributed by atoms with E-state index in [0.29, 0.717) is 34.2 Å². The molecule has 0 aliphatic rings. The minimum atomic E-state index is -5.95. The number of ether oxygens (including phenoxy) is 4. The van der Waals surface area contributed by atoms with Crippen LogP contribution >= 0.6 is 0 Å². The second-order valence-corrected chi connectivity index (χ2v) is 16.5. The zero-order chi connectivity index (χ0) is 46.6. The van der Waals surface area contributed by atoms with Crippen molar-refractivity contribution in [3.63, 3.8) is 0 Å². The zero-order valence-electron chi connectivity index (χ0n) is 37.0. The number of fused-ring (bicyclic) bond motifs is 2. The number of furan rings is 2. The highest BCUT2D eigenvalue weighted by Gasteiger charge is 2.72. The largest absolute Gasteiger partial charge is 0.493 e. The van der Waals surface area contributed by atoms with E-state index in [2.05, 4.69) is 49.4 Å². The van der Waals surface area contributed by atoms with E-state index in [9.17, 15) is 22.4 Å². The predicted molar refractivity (Wildman–Crippen MR) is 240 cm³/mol. The molecule has 0 N–H and O–H groups in total. The molecule has 13 heteroatoms. The molecule has 0 amide bonds. The van der Waals surface area contributed by atoms with Crippen LogP contribution in [0.3, 0.4) is 0 Å². The summed E-state index contributed by atoms with van der Waals surface area (Å²) in [5.74, 6) is -16.1. The van der Waals surface area contributed by atoms with Gasteiger partial charge in [-0.15, -0.1) is 0 Å². The molecule has 2 heterocycles. The molecular weight excluding hydrogens is 851 g/mol. The molecule has 6 rings (SSSR count). The Hall–Kier alpha value is -5.69. The van der Waals surface area contributed by atoms with Crippen LogP contribution in [0, 0.1) is 0 Å². The molecule has 0 saturated carbocycles. The fourth-order valence-corrected chi connectivity index (χ4v) is 7.19. The molecule has 0 spiro atoms. The number of alkyl halides is 6. The van der Waals surface area contributed by atoms with E-state index in [4.69, 9.17) is 23.0 Å². The number of benzene rings is 4. The molecule has 7 nitrogen and oxygen atoms in total. The number of carbonyl (C=O) groups excluding carboxylic acids is 1. The van der Waals surface area contributed by atoms with E-state index in [1.807, 2.05) is 36.4 Å². The summed E-state index contributed by atoms with van der Waals surface area (Å²) in [5.41, 5.74) is 5.03. The Labute approximate surface area is 375 Å². The molecule has 6 aromatic rings. The van der Waals surface area contributed by atoms with Gasteiger partial charge < -0.3 is 27.8 Å². The van der Waals surface area contributed by atoms with E-state index >= 15 is 8.78 Å². The number of halogens is 6. The Morgan fingerprint density at radius 1 is 0.615 bits per heavy atom. The number of aryl methyl sites for hydroxylation is 2. The lowest BCUT2D eigenvalue weighted by Gasteiger charge is -2.33. The van der Waals surface area contributed by atoms with Crippen LogP contribution < -0.4 is 9.47 Å². The van der Waals surface area contributed by atoms with Crippen molar-refractivity contribution >= 4 is 27.9 Å². The maximum Gasteiger partial charge on any atom is 0.377 e. The van der Waals surface area contributed by atoms with Gasteiger partial charge in [-0.05, 0) is 80.1 Å². The van der Waals surface area contributed by atoms with Crippen LogP contribution in [-0.4, -0.2) is 56.3 Å². The Kier molecular flexibility index (Phi) is 16.5. The molecule has 0 aliphatic heterocycles. The number of carbonyl (C=O) groups is 1. The number of rotatable bonds is 26. The van der Waals surface area contributed by atoms with Crippen LogP contribution in [0.4, 0.5) is 26.3 Å². The highest BCUT2D eigenvalue weighted by molar-refractivity contribution is 5.87. The van der Waals surface area contributed by atoms with Gasteiger partial charge in [0.15, 0.2) is 6.61 Å². The predicted octanol–water partition coefficient (Wildman–Crippen LogP) is 14.6. The fourth-order valence-electron chi connectivity index (χ4n) is 7.19. The van der Waals surface area contributed by atoms with Crippen LogP contribution in [0.25, 0.3) is 44.6 Å². The third-order valence-corrected chi connectivity index (χ3v) is 11.2. The molecule has 0 aliphatic carbocycles. The van der Waals surface area contributed by atoms with Gasteiger partial charge in [0, 0.05) is 52.4 Å². The van der Waals surface area contributed by atoms with Crippen molar-refractivity contribution in [1.29, 1.82) is 0 Å². The zero-order valence-corrected chi connectivity index (χ0v) is 37.0. The summed E-state index contributed by atoms with van der Waals surface area (Å²) in [6.45, 7) is 3.99. The monoisotopic (exact) mass is 906 g/mol. The maximum atomic E-state index is 15.0. The van der Waals surface area contributed by atoms with Gasteiger partial charge in [-0.1, -0.05) is 94.6 Å². The Morgan fingerprint density at radius 2 is 1.06 bits per heavy atom. The standard InChI is InChI=1S/C52H56F6O7/c1-5-7-9-11-36-13-17-38(18-14-36)45-29-40-21-23-43(31-47(40)64-45)60-27-25-42(62-33-50(53,54)52(57,58)51(55,56)34-63-49(59)35(3)4)26-28-61-44-24-22-41-30-46(65-48(41)32-44)39-19-15-37(16-20-39)12-10-8-6-2/h13-24,29-32,42H,3,5-12,25-28,33-34H2,1-2,4H3. The van der Waals surface area contributed by atoms with E-state index in [-0.39, 0.29) is 31.6 Å². The highest BCUT2D eigenvalue weighted by Crippen LogP contribution is 2.46. The Bertz CT molecular complexity index is 2330. The average Bonchev–Trinajstić information content (AvgIpc) is 3.92. The van der Waals surface area contributed by atoms with Crippen LogP contribution in [0.2, 0.25) is 0 Å². The smallest absolute Gasteiger partial charge is 0.377 e. The molecular formula is C52H56F6O7. The van der Waals surface area contributed by atoms with E-state index in [1.165, 1.54) is 24.0 Å². The van der Waals surface area contributed by atoms with Gasteiger partial charge in [0.2, 0.25) is 0 Å². The topological polar surface area (TPSA) is 80.3 Å². The molecule has 0 fully saturated rings. The van der Waals surface area contributed by atoms with Gasteiger partial charge in [-0.2, -0.15) is 26.3 Å². The summed E-state index contributed by atoms with van der Waals surface area (Å²) >= 11 is 0. The van der Waals surface area contributed by atoms with Crippen LogP contribution in [0.15, 0.2) is 118 Å². The van der Waals surface area contributed by atoms with Crippen molar-refractivity contribution < 1.29 is 58.9 Å². The molecule has 0 bridgehead atoms. The van der Waals surface area contributed by atoms with E-state index < -0.39 is 43.1 Å². The lowest BCUT2D eigenvalue weighted by molar-refractivity contribution is -0.328. The molecule has 4 aromatic carbocycles. The normalized spacial score (nSPS) is 12.3. The second-order valence-electron chi connectivity index (χ2n) is 16.5. The lowest BCUT2D eigenvalue weighted by Crippen LogP contribution is -2.58. The summed E-state index contributed by atoms with van der Waals surface area (Å²) < 4.78 is 122. The van der Waals surface area contributed by atoms with Crippen LogP contribution in [0.5, 0.6) is 11.5 Å². The van der Waals surface area contributed by atoms with Gasteiger partial charge in [0.25, 0.3) is 0 Å². The highest BCUT2D eigenvalue weighted by atomic mass is 19.3. The first-order chi connectivity index (χ1) is 31.1. The molecule has 0 unspecified atom stereocenters. The molecule has 0 atom stereocenters. The molecule has 65 heavy (non-hydrogen) atoms. The average molecular weight is 907 g/mol. The fraction of sp³-hybridized carbons (Fsp3) is 0.404. The van der Waals surface area contributed by atoms with Crippen molar-refractivity contribution in [2.45, 2.75) is 109 Å². The summed E-state index contributed by atoms with van der Waals surface area (Å²) in [4.78, 5) is 11.6. The third kappa shape index (κ3) is 12.8. The minimum absolute atomic E-state index is 0.109. The third-order valence-electron chi connectivity index (χ3n) is 11.2. The Morgan fingerprint density at radius 3 is 1.49 bits per heavy atom. The molecule has 0 saturated heterocycles. The summed E-state index contributed by atoms with van der Waals surface area (Å²) in [6, 6.07) is 30.6. The lowest BCUT2D eigenvalue weighted by atomic mass is 10.0. The second kappa shape index (κ2) is 22.0. The number of hydrogen-bond acceptors (Lipinski definition) is 7. The van der Waals surface area contributed by atoms with E-state index in [1.54, 1.807) is 36.4 Å². The van der Waals surface area contributed by atoms with E-state index in [0.717, 1.165) is 67.3 Å². The Balaban J connectivity index is 1.10. The molecule has 348 valence electrons. The van der Waals surface area contributed by atoms with Crippen LogP contribution in [0.1, 0.15) is 83.3 Å². The quantitative estimate of drug-likeness (QED) is 0.0232. The van der Waals surface area contributed by atoms with Gasteiger partial charge in [0.1, 0.15) is 40.8 Å². The van der Waals surface area contributed by atoms with Crippen molar-refractivity contribution in [3.05, 3.63) is 120 Å². The maximum absolute atomic E-state index is 15.0. The first kappa shape index (κ1) is 48.8. The van der Waals surface area contributed by atoms with Crippen molar-refractivity contribution in [2.75, 3.05) is 26.4 Å². The molecule has 2 aromatic heterocycles. The summed E-state index contributed by atoms with van der Waals surface area (Å²) in [6.07, 6.45) is 7.48. The number of hydrogen-bond donors (Lipinski definition) is 0. The molecule has 0 radical (unpaired) electrons.